The van der Waals surface area contributed by atoms with Crippen molar-refractivity contribution in [3.8, 4) is 0 Å². The number of hydrogen-bond acceptors (Lipinski definition) is 4. The second-order valence-corrected chi connectivity index (χ2v) is 2.89. The Morgan fingerprint density at radius 2 is 2.08 bits per heavy atom. The highest BCUT2D eigenvalue weighted by molar-refractivity contribution is 5.65. The molecule has 0 bridgehead atoms. The lowest BCUT2D eigenvalue weighted by Gasteiger charge is -2.11. The number of nitro groups is 1. The Balaban J connectivity index is 3.19. The van der Waals surface area contributed by atoms with Crippen LogP contribution in [0.25, 0.3) is 0 Å². The van der Waals surface area contributed by atoms with Crippen molar-refractivity contribution in [2.24, 2.45) is 0 Å². The molecule has 0 fully saturated rings. The zero-order valence-corrected chi connectivity index (χ0v) is 7.52. The normalized spacial score (nSPS) is 9.69. The van der Waals surface area contributed by atoms with Crippen LogP contribution < -0.4 is 10.6 Å². The number of nitrogen functional groups attached to an aromatic ring is 1. The van der Waals surface area contributed by atoms with Gasteiger partial charge in [-0.1, -0.05) is 0 Å². The van der Waals surface area contributed by atoms with E-state index in [9.17, 15) is 10.1 Å². The van der Waals surface area contributed by atoms with E-state index in [2.05, 4.69) is 0 Å². The Bertz CT molecular complexity index is 336. The highest BCUT2D eigenvalue weighted by Crippen LogP contribution is 2.25. The molecule has 5 heteroatoms. The standard InChI is InChI=1S/C8H11N3O2/c1-10(2)6-3-4-7(9)8(5-6)11(12)13/h3-5H,9H2,1-2H3. The van der Waals surface area contributed by atoms with Crippen LogP contribution in [0.4, 0.5) is 17.1 Å². The summed E-state index contributed by atoms with van der Waals surface area (Å²) in [6, 6.07) is 4.73. The lowest BCUT2D eigenvalue weighted by Crippen LogP contribution is -2.09. The quantitative estimate of drug-likeness (QED) is 0.423. The molecule has 0 unspecified atom stereocenters. The maximum Gasteiger partial charge on any atom is 0.294 e. The van der Waals surface area contributed by atoms with Crippen molar-refractivity contribution < 1.29 is 4.92 Å². The molecule has 0 saturated heterocycles. The Morgan fingerprint density at radius 1 is 1.46 bits per heavy atom. The number of nitrogens with two attached hydrogens (primary N) is 1. The van der Waals surface area contributed by atoms with Gasteiger partial charge in [0.1, 0.15) is 5.69 Å². The molecule has 0 aliphatic heterocycles. The van der Waals surface area contributed by atoms with Gasteiger partial charge in [0, 0.05) is 25.8 Å². The zero-order chi connectivity index (χ0) is 10.0. The molecule has 0 aromatic heterocycles. The van der Waals surface area contributed by atoms with E-state index >= 15 is 0 Å². The fourth-order valence-electron chi connectivity index (χ4n) is 0.968. The SMILES string of the molecule is CN(C)c1ccc(N)c([N+](=O)[O-])c1. The highest BCUT2D eigenvalue weighted by atomic mass is 16.6. The average molecular weight is 181 g/mol. The van der Waals surface area contributed by atoms with Crippen LogP contribution in [-0.2, 0) is 0 Å². The van der Waals surface area contributed by atoms with Gasteiger partial charge in [-0.2, -0.15) is 0 Å². The van der Waals surface area contributed by atoms with Crippen molar-refractivity contribution in [1.82, 2.24) is 0 Å². The fourth-order valence-corrected chi connectivity index (χ4v) is 0.968. The Kier molecular flexibility index (Phi) is 2.36. The molecule has 0 radical (unpaired) electrons. The first-order valence-electron chi connectivity index (χ1n) is 3.73. The van der Waals surface area contributed by atoms with Crippen LogP contribution in [-0.4, -0.2) is 19.0 Å². The van der Waals surface area contributed by atoms with E-state index in [1.165, 1.54) is 12.1 Å². The fraction of sp³-hybridized carbons (Fsp3) is 0.250. The minimum Gasteiger partial charge on any atom is -0.393 e. The van der Waals surface area contributed by atoms with Gasteiger partial charge in [0.2, 0.25) is 0 Å². The molecular weight excluding hydrogens is 170 g/mol. The Labute approximate surface area is 75.9 Å². The maximum atomic E-state index is 10.5. The number of anilines is 2. The van der Waals surface area contributed by atoms with Crippen LogP contribution in [0.5, 0.6) is 0 Å². The molecule has 0 saturated carbocycles. The van der Waals surface area contributed by atoms with E-state index in [1.807, 2.05) is 14.1 Å². The molecule has 0 aliphatic carbocycles. The largest absolute Gasteiger partial charge is 0.393 e. The minimum absolute atomic E-state index is 0.0498. The summed E-state index contributed by atoms with van der Waals surface area (Å²) < 4.78 is 0. The van der Waals surface area contributed by atoms with Gasteiger partial charge >= 0.3 is 0 Å². The molecule has 1 rings (SSSR count). The molecule has 5 nitrogen and oxygen atoms in total. The predicted molar refractivity (Wildman–Crippen MR) is 51.8 cm³/mol. The van der Waals surface area contributed by atoms with E-state index in [0.29, 0.717) is 0 Å². The molecule has 0 spiro atoms. The molecule has 1 aromatic carbocycles. The van der Waals surface area contributed by atoms with Crippen LogP contribution >= 0.6 is 0 Å². The third kappa shape index (κ3) is 1.87. The molecule has 2 N–H and O–H groups in total. The molecular formula is C8H11N3O2. The lowest BCUT2D eigenvalue weighted by atomic mass is 10.2. The summed E-state index contributed by atoms with van der Waals surface area (Å²) in [6.07, 6.45) is 0. The average Bonchev–Trinajstić information content (AvgIpc) is 2.04. The van der Waals surface area contributed by atoms with Crippen molar-refractivity contribution in [2.45, 2.75) is 0 Å². The van der Waals surface area contributed by atoms with E-state index in [4.69, 9.17) is 5.73 Å². The van der Waals surface area contributed by atoms with Gasteiger partial charge < -0.3 is 10.6 Å². The molecule has 0 amide bonds. The highest BCUT2D eigenvalue weighted by Gasteiger charge is 2.12. The van der Waals surface area contributed by atoms with Gasteiger partial charge in [0.25, 0.3) is 5.69 Å². The topological polar surface area (TPSA) is 72.4 Å². The second kappa shape index (κ2) is 3.30. The summed E-state index contributed by atoms with van der Waals surface area (Å²) in [6.45, 7) is 0. The zero-order valence-electron chi connectivity index (χ0n) is 7.52. The van der Waals surface area contributed by atoms with Crippen LogP contribution in [0.2, 0.25) is 0 Å². The van der Waals surface area contributed by atoms with E-state index in [1.54, 1.807) is 11.0 Å². The van der Waals surface area contributed by atoms with Crippen molar-refractivity contribution in [3.63, 3.8) is 0 Å². The monoisotopic (exact) mass is 181 g/mol. The predicted octanol–water partition coefficient (Wildman–Crippen LogP) is 1.24. The molecule has 0 heterocycles. The van der Waals surface area contributed by atoms with Gasteiger partial charge in [0.05, 0.1) is 4.92 Å². The first kappa shape index (κ1) is 9.31. The van der Waals surface area contributed by atoms with E-state index in [-0.39, 0.29) is 11.4 Å². The summed E-state index contributed by atoms with van der Waals surface area (Å²) in [7, 11) is 3.63. The van der Waals surface area contributed by atoms with Gasteiger partial charge in [-0.05, 0) is 12.1 Å². The summed E-state index contributed by atoms with van der Waals surface area (Å²) in [4.78, 5) is 11.8. The Hall–Kier alpha value is -1.78. The first-order valence-corrected chi connectivity index (χ1v) is 3.73. The van der Waals surface area contributed by atoms with Crippen molar-refractivity contribution in [2.75, 3.05) is 24.7 Å². The maximum absolute atomic E-state index is 10.5. The summed E-state index contributed by atoms with van der Waals surface area (Å²) in [5, 5.41) is 10.5. The van der Waals surface area contributed by atoms with Crippen molar-refractivity contribution >= 4 is 17.1 Å². The van der Waals surface area contributed by atoms with Crippen LogP contribution in [0.3, 0.4) is 0 Å². The van der Waals surface area contributed by atoms with Crippen molar-refractivity contribution in [3.05, 3.63) is 28.3 Å². The number of nitrogens with zero attached hydrogens (tertiary/aromatic N) is 2. The Morgan fingerprint density at radius 3 is 2.54 bits per heavy atom. The van der Waals surface area contributed by atoms with Gasteiger partial charge in [-0.3, -0.25) is 10.1 Å². The van der Waals surface area contributed by atoms with E-state index in [0.717, 1.165) is 5.69 Å². The molecule has 1 aromatic rings. The van der Waals surface area contributed by atoms with Gasteiger partial charge in [0.15, 0.2) is 0 Å². The lowest BCUT2D eigenvalue weighted by molar-refractivity contribution is -0.383. The van der Waals surface area contributed by atoms with Gasteiger partial charge in [-0.15, -0.1) is 0 Å². The molecule has 13 heavy (non-hydrogen) atoms. The van der Waals surface area contributed by atoms with E-state index < -0.39 is 4.92 Å². The second-order valence-electron chi connectivity index (χ2n) is 2.89. The first-order chi connectivity index (χ1) is 6.02. The summed E-state index contributed by atoms with van der Waals surface area (Å²) in [5.41, 5.74) is 6.34. The van der Waals surface area contributed by atoms with Gasteiger partial charge in [-0.25, -0.2) is 0 Å². The van der Waals surface area contributed by atoms with Crippen LogP contribution in [0.15, 0.2) is 18.2 Å². The molecule has 0 atom stereocenters. The minimum atomic E-state index is -0.484. The third-order valence-electron chi connectivity index (χ3n) is 1.73. The number of rotatable bonds is 2. The summed E-state index contributed by atoms with van der Waals surface area (Å²) >= 11 is 0. The number of hydrogen-bond donors (Lipinski definition) is 1. The van der Waals surface area contributed by atoms with Crippen LogP contribution in [0, 0.1) is 10.1 Å². The number of benzene rings is 1. The third-order valence-corrected chi connectivity index (χ3v) is 1.73. The number of nitro benzene ring substituents is 1. The molecule has 70 valence electrons. The smallest absolute Gasteiger partial charge is 0.294 e. The molecule has 0 aliphatic rings. The van der Waals surface area contributed by atoms with Crippen LogP contribution in [0.1, 0.15) is 0 Å². The van der Waals surface area contributed by atoms with Crippen molar-refractivity contribution in [1.29, 1.82) is 0 Å². The summed E-state index contributed by atoms with van der Waals surface area (Å²) in [5.74, 6) is 0.